The summed E-state index contributed by atoms with van der Waals surface area (Å²) in [7, 11) is 1.89. The molecule has 0 aliphatic carbocycles. The summed E-state index contributed by atoms with van der Waals surface area (Å²) in [6.45, 7) is 0. The van der Waals surface area contributed by atoms with Gasteiger partial charge in [0, 0.05) is 10.0 Å². The first kappa shape index (κ1) is 12.5. The van der Waals surface area contributed by atoms with Crippen LogP contribution >= 0.6 is 23.2 Å². The van der Waals surface area contributed by atoms with Crippen molar-refractivity contribution >= 4 is 23.2 Å². The van der Waals surface area contributed by atoms with E-state index >= 15 is 0 Å². The Morgan fingerprint density at radius 2 is 2.12 bits per heavy atom. The van der Waals surface area contributed by atoms with Gasteiger partial charge in [0.05, 0.1) is 12.3 Å². The summed E-state index contributed by atoms with van der Waals surface area (Å²) >= 11 is 12.1. The normalized spacial score (nSPS) is 12.6. The standard InChI is InChI=1S/C13H13Cl2NO/c1-16-12(13-3-2-6-17-13)8-9-7-10(14)4-5-11(9)15/h2-7,12,16H,8H2,1H3. The van der Waals surface area contributed by atoms with Gasteiger partial charge < -0.3 is 9.73 Å². The van der Waals surface area contributed by atoms with E-state index in [1.54, 1.807) is 12.3 Å². The lowest BCUT2D eigenvalue weighted by atomic mass is 10.0. The highest BCUT2D eigenvalue weighted by Crippen LogP contribution is 2.26. The minimum Gasteiger partial charge on any atom is -0.468 e. The fraction of sp³-hybridized carbons (Fsp3) is 0.231. The van der Waals surface area contributed by atoms with Crippen molar-refractivity contribution in [1.29, 1.82) is 0 Å². The second-order valence-corrected chi connectivity index (χ2v) is 4.64. The molecule has 1 N–H and O–H groups in total. The van der Waals surface area contributed by atoms with Crippen LogP contribution in [0.25, 0.3) is 0 Å². The lowest BCUT2D eigenvalue weighted by Gasteiger charge is -2.14. The first-order chi connectivity index (χ1) is 8.20. The molecule has 1 aromatic carbocycles. The average Bonchev–Trinajstić information content (AvgIpc) is 2.84. The van der Waals surface area contributed by atoms with Crippen LogP contribution in [0, 0.1) is 0 Å². The van der Waals surface area contributed by atoms with Crippen LogP contribution in [-0.2, 0) is 6.42 Å². The van der Waals surface area contributed by atoms with Gasteiger partial charge in [-0.15, -0.1) is 0 Å². The summed E-state index contributed by atoms with van der Waals surface area (Å²) in [5, 5.41) is 4.62. The van der Waals surface area contributed by atoms with Gasteiger partial charge in [-0.3, -0.25) is 0 Å². The number of benzene rings is 1. The Balaban J connectivity index is 2.21. The van der Waals surface area contributed by atoms with Gasteiger partial charge in [0.15, 0.2) is 0 Å². The number of hydrogen-bond donors (Lipinski definition) is 1. The lowest BCUT2D eigenvalue weighted by Crippen LogP contribution is -2.18. The Labute approximate surface area is 111 Å². The molecule has 1 heterocycles. The Morgan fingerprint density at radius 1 is 1.29 bits per heavy atom. The number of hydrogen-bond acceptors (Lipinski definition) is 2. The van der Waals surface area contributed by atoms with Crippen LogP contribution < -0.4 is 5.32 Å². The highest BCUT2D eigenvalue weighted by atomic mass is 35.5. The first-order valence-electron chi connectivity index (χ1n) is 5.35. The largest absolute Gasteiger partial charge is 0.468 e. The molecule has 0 amide bonds. The van der Waals surface area contributed by atoms with Crippen LogP contribution in [0.15, 0.2) is 41.0 Å². The summed E-state index contributed by atoms with van der Waals surface area (Å²) in [5.74, 6) is 0.892. The second-order valence-electron chi connectivity index (χ2n) is 3.80. The average molecular weight is 270 g/mol. The fourth-order valence-corrected chi connectivity index (χ4v) is 2.14. The number of rotatable bonds is 4. The van der Waals surface area contributed by atoms with Gasteiger partial charge >= 0.3 is 0 Å². The van der Waals surface area contributed by atoms with Crippen molar-refractivity contribution in [3.8, 4) is 0 Å². The Morgan fingerprint density at radius 3 is 2.76 bits per heavy atom. The molecule has 0 fully saturated rings. The van der Waals surface area contributed by atoms with Crippen LogP contribution in [-0.4, -0.2) is 7.05 Å². The van der Waals surface area contributed by atoms with Gasteiger partial charge in [-0.1, -0.05) is 23.2 Å². The molecule has 1 atom stereocenters. The minimum absolute atomic E-state index is 0.0981. The molecule has 17 heavy (non-hydrogen) atoms. The SMILES string of the molecule is CNC(Cc1cc(Cl)ccc1Cl)c1ccco1. The molecule has 0 aliphatic rings. The maximum atomic E-state index is 6.14. The number of furan rings is 1. The molecule has 0 radical (unpaired) electrons. The molecule has 0 saturated heterocycles. The smallest absolute Gasteiger partial charge is 0.121 e. The monoisotopic (exact) mass is 269 g/mol. The quantitative estimate of drug-likeness (QED) is 0.905. The topological polar surface area (TPSA) is 25.2 Å². The van der Waals surface area contributed by atoms with E-state index in [-0.39, 0.29) is 6.04 Å². The summed E-state index contributed by atoms with van der Waals surface area (Å²) in [5.41, 5.74) is 1.01. The van der Waals surface area contributed by atoms with Gasteiger partial charge in [0.1, 0.15) is 5.76 Å². The molecule has 0 bridgehead atoms. The number of likely N-dealkylation sites (N-methyl/N-ethyl adjacent to an activating group) is 1. The highest BCUT2D eigenvalue weighted by molar-refractivity contribution is 6.33. The molecule has 0 spiro atoms. The fourth-order valence-electron chi connectivity index (χ4n) is 1.75. The Kier molecular flexibility index (Phi) is 4.11. The van der Waals surface area contributed by atoms with Gasteiger partial charge in [0.25, 0.3) is 0 Å². The summed E-state index contributed by atoms with van der Waals surface area (Å²) < 4.78 is 5.39. The summed E-state index contributed by atoms with van der Waals surface area (Å²) in [6.07, 6.45) is 2.41. The third-order valence-electron chi connectivity index (χ3n) is 2.67. The third kappa shape index (κ3) is 3.03. The Hall–Kier alpha value is -0.960. The molecule has 90 valence electrons. The first-order valence-corrected chi connectivity index (χ1v) is 6.11. The molecule has 2 rings (SSSR count). The van der Waals surface area contributed by atoms with Crippen molar-refractivity contribution in [2.24, 2.45) is 0 Å². The molecule has 2 aromatic rings. The van der Waals surface area contributed by atoms with E-state index in [1.165, 1.54) is 0 Å². The van der Waals surface area contributed by atoms with Crippen LogP contribution in [0.5, 0.6) is 0 Å². The van der Waals surface area contributed by atoms with E-state index in [0.717, 1.165) is 22.8 Å². The minimum atomic E-state index is 0.0981. The molecule has 1 unspecified atom stereocenters. The predicted molar refractivity (Wildman–Crippen MR) is 70.7 cm³/mol. The van der Waals surface area contributed by atoms with Gasteiger partial charge in [-0.2, -0.15) is 0 Å². The molecule has 0 aliphatic heterocycles. The van der Waals surface area contributed by atoms with Gasteiger partial charge in [-0.05, 0) is 49.4 Å². The summed E-state index contributed by atoms with van der Waals surface area (Å²) in [4.78, 5) is 0. The van der Waals surface area contributed by atoms with Gasteiger partial charge in [0.2, 0.25) is 0 Å². The van der Waals surface area contributed by atoms with E-state index in [2.05, 4.69) is 5.32 Å². The zero-order valence-electron chi connectivity index (χ0n) is 9.41. The van der Waals surface area contributed by atoms with Crippen molar-refractivity contribution in [3.63, 3.8) is 0 Å². The van der Waals surface area contributed by atoms with Crippen LogP contribution in [0.4, 0.5) is 0 Å². The number of nitrogens with one attached hydrogen (secondary N) is 1. The molecule has 4 heteroatoms. The maximum absolute atomic E-state index is 6.14. The molecular weight excluding hydrogens is 257 g/mol. The highest BCUT2D eigenvalue weighted by Gasteiger charge is 2.14. The van der Waals surface area contributed by atoms with E-state index in [4.69, 9.17) is 27.6 Å². The molecule has 2 nitrogen and oxygen atoms in total. The van der Waals surface area contributed by atoms with E-state index in [1.807, 2.05) is 31.3 Å². The van der Waals surface area contributed by atoms with Crippen molar-refractivity contribution < 1.29 is 4.42 Å². The van der Waals surface area contributed by atoms with Crippen LogP contribution in [0.2, 0.25) is 10.0 Å². The molecular formula is C13H13Cl2NO. The van der Waals surface area contributed by atoms with E-state index in [9.17, 15) is 0 Å². The number of halogens is 2. The maximum Gasteiger partial charge on any atom is 0.121 e. The van der Waals surface area contributed by atoms with Crippen LogP contribution in [0.1, 0.15) is 17.4 Å². The lowest BCUT2D eigenvalue weighted by molar-refractivity contribution is 0.429. The zero-order chi connectivity index (χ0) is 12.3. The van der Waals surface area contributed by atoms with Crippen molar-refractivity contribution in [1.82, 2.24) is 5.32 Å². The van der Waals surface area contributed by atoms with Crippen LogP contribution in [0.3, 0.4) is 0 Å². The zero-order valence-corrected chi connectivity index (χ0v) is 10.9. The van der Waals surface area contributed by atoms with Crippen molar-refractivity contribution in [2.75, 3.05) is 7.05 Å². The molecule has 1 aromatic heterocycles. The summed E-state index contributed by atoms with van der Waals surface area (Å²) in [6, 6.07) is 9.40. The Bertz CT molecular complexity index is 482. The molecule has 0 saturated carbocycles. The van der Waals surface area contributed by atoms with Gasteiger partial charge in [-0.25, -0.2) is 0 Å². The second kappa shape index (κ2) is 5.58. The van der Waals surface area contributed by atoms with E-state index in [0.29, 0.717) is 5.02 Å². The van der Waals surface area contributed by atoms with E-state index < -0.39 is 0 Å². The third-order valence-corrected chi connectivity index (χ3v) is 3.27. The van der Waals surface area contributed by atoms with Crippen molar-refractivity contribution in [3.05, 3.63) is 58.0 Å². The van der Waals surface area contributed by atoms with Crippen molar-refractivity contribution in [2.45, 2.75) is 12.5 Å². The predicted octanol–water partition coefficient (Wildman–Crippen LogP) is 4.09.